The first kappa shape index (κ1) is 18.6. The second-order valence-corrected chi connectivity index (χ2v) is 10.6. The van der Waals surface area contributed by atoms with Crippen molar-refractivity contribution in [1.29, 1.82) is 0 Å². The van der Waals surface area contributed by atoms with Gasteiger partial charge < -0.3 is 10.1 Å². The number of halogens is 1. The highest BCUT2D eigenvalue weighted by Gasteiger charge is 2.71. The number of nitrogens with one attached hydrogen (secondary N) is 1. The van der Waals surface area contributed by atoms with Crippen LogP contribution in [0.4, 0.5) is 4.39 Å². The Kier molecular flexibility index (Phi) is 3.70. The van der Waals surface area contributed by atoms with E-state index in [1.807, 2.05) is 6.08 Å². The molecule has 2 N–H and O–H groups in total. The number of aromatic nitrogens is 1. The normalized spacial score (nSPS) is 36.7. The number of hydrogen-bond acceptors (Lipinski definition) is 2. The van der Waals surface area contributed by atoms with E-state index in [2.05, 4.69) is 41.1 Å². The van der Waals surface area contributed by atoms with Gasteiger partial charge in [0.15, 0.2) is 0 Å². The molecule has 0 spiro atoms. The Labute approximate surface area is 176 Å². The number of benzene rings is 1. The van der Waals surface area contributed by atoms with E-state index in [1.54, 1.807) is 0 Å². The van der Waals surface area contributed by atoms with Gasteiger partial charge >= 0.3 is 5.97 Å². The standard InChI is InChI=1S/C25H29FN2O2/c1-16-11-18-17-5-2-3-6-19(17)27-21(18)22(28(16)15-25(26)8-4-9-25)24-12-23(13-24,14-24)10-7-20(29)30/h2-3,5-7,10,16,22,27H,4,8-9,11-15H2,1H3,(H,29,30)/b10-7+. The third-order valence-electron chi connectivity index (χ3n) is 8.50. The first-order chi connectivity index (χ1) is 14.3. The fourth-order valence-corrected chi connectivity index (χ4v) is 7.12. The number of nitrogens with zero attached hydrogens (tertiary/aromatic N) is 1. The van der Waals surface area contributed by atoms with Crippen molar-refractivity contribution < 1.29 is 14.3 Å². The molecule has 0 radical (unpaired) electrons. The summed E-state index contributed by atoms with van der Waals surface area (Å²) in [5, 5.41) is 10.3. The van der Waals surface area contributed by atoms with Crippen LogP contribution in [0.3, 0.4) is 0 Å². The molecule has 2 heterocycles. The Morgan fingerprint density at radius 1 is 1.30 bits per heavy atom. The van der Waals surface area contributed by atoms with Gasteiger partial charge in [0.05, 0.1) is 6.04 Å². The van der Waals surface area contributed by atoms with Crippen molar-refractivity contribution in [3.05, 3.63) is 47.7 Å². The molecule has 30 heavy (non-hydrogen) atoms. The van der Waals surface area contributed by atoms with E-state index in [0.717, 1.165) is 32.1 Å². The number of allylic oxidation sites excluding steroid dienone is 1. The summed E-state index contributed by atoms with van der Waals surface area (Å²) in [6, 6.07) is 9.00. The lowest BCUT2D eigenvalue weighted by molar-refractivity contribution is -0.226. The SMILES string of the molecule is CC1Cc2c([nH]c3ccccc23)C(C23CC(/C=C/C(=O)O)(C2)C3)N1CC1(F)CCC1. The number of carboxylic acid groups (broad SMARTS) is 1. The van der Waals surface area contributed by atoms with Crippen LogP contribution in [0.5, 0.6) is 0 Å². The van der Waals surface area contributed by atoms with E-state index >= 15 is 4.39 Å². The van der Waals surface area contributed by atoms with Crippen LogP contribution in [-0.4, -0.2) is 39.2 Å². The van der Waals surface area contributed by atoms with Crippen molar-refractivity contribution in [2.45, 2.75) is 69.6 Å². The van der Waals surface area contributed by atoms with Crippen LogP contribution in [0.1, 0.15) is 62.7 Å². The first-order valence-corrected chi connectivity index (χ1v) is 11.3. The number of para-hydroxylation sites is 1. The summed E-state index contributed by atoms with van der Waals surface area (Å²) >= 11 is 0. The minimum absolute atomic E-state index is 0.0425. The van der Waals surface area contributed by atoms with Crippen LogP contribution < -0.4 is 0 Å². The van der Waals surface area contributed by atoms with Gasteiger partial charge in [-0.05, 0) is 74.3 Å². The van der Waals surface area contributed by atoms with Gasteiger partial charge in [-0.15, -0.1) is 0 Å². The molecule has 4 fully saturated rings. The van der Waals surface area contributed by atoms with E-state index in [-0.39, 0.29) is 16.9 Å². The number of hydrogen-bond donors (Lipinski definition) is 2. The van der Waals surface area contributed by atoms with Gasteiger partial charge in [0, 0.05) is 35.3 Å². The van der Waals surface area contributed by atoms with Gasteiger partial charge in [-0.25, -0.2) is 9.18 Å². The number of carbonyl (C=O) groups is 1. The van der Waals surface area contributed by atoms with Gasteiger partial charge in [-0.3, -0.25) is 4.90 Å². The maximum absolute atomic E-state index is 15.3. The van der Waals surface area contributed by atoms with Crippen LogP contribution in [0.15, 0.2) is 36.4 Å². The zero-order valence-electron chi connectivity index (χ0n) is 17.5. The van der Waals surface area contributed by atoms with Crippen LogP contribution in [-0.2, 0) is 11.2 Å². The number of fused-ring (bicyclic) bond motifs is 3. The summed E-state index contributed by atoms with van der Waals surface area (Å²) < 4.78 is 15.3. The maximum Gasteiger partial charge on any atom is 0.327 e. The van der Waals surface area contributed by atoms with Crippen LogP contribution >= 0.6 is 0 Å². The minimum atomic E-state index is -1.04. The van der Waals surface area contributed by atoms with Crippen LogP contribution in [0.2, 0.25) is 0 Å². The molecule has 0 saturated heterocycles. The topological polar surface area (TPSA) is 56.3 Å². The first-order valence-electron chi connectivity index (χ1n) is 11.3. The molecule has 2 bridgehead atoms. The monoisotopic (exact) mass is 408 g/mol. The summed E-state index contributed by atoms with van der Waals surface area (Å²) in [6.45, 7) is 2.78. The molecule has 158 valence electrons. The molecule has 0 amide bonds. The van der Waals surface area contributed by atoms with Crippen LogP contribution in [0, 0.1) is 10.8 Å². The molecule has 2 atom stereocenters. The summed E-state index contributed by atoms with van der Waals surface area (Å²) in [7, 11) is 0. The number of aliphatic carboxylic acids is 1. The second kappa shape index (κ2) is 5.97. The van der Waals surface area contributed by atoms with Gasteiger partial charge in [-0.2, -0.15) is 0 Å². The average molecular weight is 409 g/mol. The molecule has 4 aliphatic carbocycles. The number of aromatic amines is 1. The summed E-state index contributed by atoms with van der Waals surface area (Å²) in [6.07, 6.45) is 9.54. The molecule has 1 aromatic heterocycles. The highest BCUT2D eigenvalue weighted by Crippen LogP contribution is 2.79. The van der Waals surface area contributed by atoms with Crippen molar-refractivity contribution in [3.63, 3.8) is 0 Å². The lowest BCUT2D eigenvalue weighted by atomic mass is 9.32. The van der Waals surface area contributed by atoms with Crippen molar-refractivity contribution in [3.8, 4) is 0 Å². The quantitative estimate of drug-likeness (QED) is 0.672. The largest absolute Gasteiger partial charge is 0.478 e. The molecule has 2 aromatic rings. The predicted octanol–water partition coefficient (Wildman–Crippen LogP) is 5.16. The molecular formula is C25H29FN2O2. The smallest absolute Gasteiger partial charge is 0.327 e. The number of rotatable bonds is 5. The summed E-state index contributed by atoms with van der Waals surface area (Å²) in [5.74, 6) is -0.871. The molecule has 4 nitrogen and oxygen atoms in total. The zero-order chi connectivity index (χ0) is 20.7. The molecule has 7 rings (SSSR count). The van der Waals surface area contributed by atoms with Crippen molar-refractivity contribution in [1.82, 2.24) is 9.88 Å². The Morgan fingerprint density at radius 3 is 2.70 bits per heavy atom. The molecule has 1 aromatic carbocycles. The lowest BCUT2D eigenvalue weighted by Crippen LogP contribution is -2.68. The zero-order valence-corrected chi connectivity index (χ0v) is 17.5. The van der Waals surface area contributed by atoms with Gasteiger partial charge in [0.25, 0.3) is 0 Å². The van der Waals surface area contributed by atoms with Gasteiger partial charge in [0.2, 0.25) is 0 Å². The number of H-pyrrole nitrogens is 1. The van der Waals surface area contributed by atoms with Crippen molar-refractivity contribution in [2.75, 3.05) is 6.54 Å². The van der Waals surface area contributed by atoms with E-state index in [9.17, 15) is 4.79 Å². The maximum atomic E-state index is 15.3. The Hall–Kier alpha value is -2.14. The molecule has 5 heteroatoms. The van der Waals surface area contributed by atoms with E-state index < -0.39 is 11.6 Å². The van der Waals surface area contributed by atoms with Gasteiger partial charge in [0.1, 0.15) is 5.67 Å². The molecule has 1 aliphatic heterocycles. The molecule has 5 aliphatic rings. The number of alkyl halides is 1. The summed E-state index contributed by atoms with van der Waals surface area (Å²) in [5.41, 5.74) is 3.00. The van der Waals surface area contributed by atoms with E-state index in [1.165, 1.54) is 28.2 Å². The molecular weight excluding hydrogens is 379 g/mol. The summed E-state index contributed by atoms with van der Waals surface area (Å²) in [4.78, 5) is 17.2. The van der Waals surface area contributed by atoms with Gasteiger partial charge in [-0.1, -0.05) is 24.3 Å². The Balaban J connectivity index is 1.39. The fraction of sp³-hybridized carbons (Fsp3) is 0.560. The van der Waals surface area contributed by atoms with Crippen molar-refractivity contribution >= 4 is 16.9 Å². The van der Waals surface area contributed by atoms with Crippen molar-refractivity contribution in [2.24, 2.45) is 10.8 Å². The highest BCUT2D eigenvalue weighted by atomic mass is 19.1. The third-order valence-corrected chi connectivity index (χ3v) is 8.50. The lowest BCUT2D eigenvalue weighted by Gasteiger charge is -2.74. The Bertz CT molecular complexity index is 1050. The highest BCUT2D eigenvalue weighted by molar-refractivity contribution is 5.85. The van der Waals surface area contributed by atoms with Crippen LogP contribution in [0.25, 0.3) is 10.9 Å². The van der Waals surface area contributed by atoms with E-state index in [4.69, 9.17) is 5.11 Å². The molecule has 2 unspecified atom stereocenters. The molecule has 4 saturated carbocycles. The average Bonchev–Trinajstić information content (AvgIpc) is 2.98. The fourth-order valence-electron chi connectivity index (χ4n) is 7.12. The number of carboxylic acids is 1. The second-order valence-electron chi connectivity index (χ2n) is 10.6. The third kappa shape index (κ3) is 2.51. The minimum Gasteiger partial charge on any atom is -0.478 e. The predicted molar refractivity (Wildman–Crippen MR) is 114 cm³/mol. The van der Waals surface area contributed by atoms with E-state index in [0.29, 0.717) is 25.4 Å². The Morgan fingerprint density at radius 2 is 2.03 bits per heavy atom.